The fraction of sp³-hybridized carbons (Fsp3) is 0.300. The minimum Gasteiger partial charge on any atom is -0.454 e. The normalized spacial score (nSPS) is 15.9. The highest BCUT2D eigenvalue weighted by Crippen LogP contribution is 2.33. The standard InChI is InChI=1S/C30H31N3O3/c1-21-7-9-27-25(15-21)26(17-30(34)33(27)19-22-5-3-2-4-6-22)31-24-11-13-32(14-12-24)18-23-8-10-28-29(16-23)36-20-35-28/h2-10,15-17,24,31H,11-14,18-20H2,1H3. The van der Waals surface area contributed by atoms with E-state index in [1.807, 2.05) is 28.8 Å². The van der Waals surface area contributed by atoms with Crippen LogP contribution in [-0.2, 0) is 13.1 Å². The molecule has 0 amide bonds. The van der Waals surface area contributed by atoms with Gasteiger partial charge < -0.3 is 19.4 Å². The second-order valence-electron chi connectivity index (χ2n) is 9.87. The van der Waals surface area contributed by atoms with Crippen molar-refractivity contribution in [1.29, 1.82) is 0 Å². The van der Waals surface area contributed by atoms with E-state index in [1.165, 1.54) is 11.1 Å². The van der Waals surface area contributed by atoms with Gasteiger partial charge in [-0.25, -0.2) is 0 Å². The van der Waals surface area contributed by atoms with Crippen molar-refractivity contribution >= 4 is 16.6 Å². The third kappa shape index (κ3) is 4.69. The number of benzene rings is 3. The van der Waals surface area contributed by atoms with Gasteiger partial charge in [-0.1, -0.05) is 48.0 Å². The van der Waals surface area contributed by atoms with Crippen molar-refractivity contribution in [3.8, 4) is 11.5 Å². The van der Waals surface area contributed by atoms with Crippen LogP contribution in [0.3, 0.4) is 0 Å². The minimum atomic E-state index is 0.0259. The van der Waals surface area contributed by atoms with Gasteiger partial charge in [0, 0.05) is 42.8 Å². The summed E-state index contributed by atoms with van der Waals surface area (Å²) in [5.74, 6) is 1.67. The Morgan fingerprint density at radius 3 is 2.50 bits per heavy atom. The van der Waals surface area contributed by atoms with Gasteiger partial charge in [0.15, 0.2) is 11.5 Å². The van der Waals surface area contributed by atoms with E-state index in [1.54, 1.807) is 6.07 Å². The molecule has 0 saturated carbocycles. The number of ether oxygens (including phenoxy) is 2. The molecule has 6 heteroatoms. The maximum absolute atomic E-state index is 13.2. The predicted octanol–water partition coefficient (Wildman–Crippen LogP) is 5.16. The molecule has 1 N–H and O–H groups in total. The van der Waals surface area contributed by atoms with E-state index < -0.39 is 0 Å². The van der Waals surface area contributed by atoms with E-state index in [9.17, 15) is 4.79 Å². The van der Waals surface area contributed by atoms with E-state index in [-0.39, 0.29) is 5.56 Å². The van der Waals surface area contributed by atoms with Crippen LogP contribution in [-0.4, -0.2) is 35.4 Å². The monoisotopic (exact) mass is 481 g/mol. The number of aromatic nitrogens is 1. The maximum atomic E-state index is 13.2. The number of nitrogens with zero attached hydrogens (tertiary/aromatic N) is 2. The van der Waals surface area contributed by atoms with Crippen molar-refractivity contribution in [2.45, 2.75) is 38.9 Å². The van der Waals surface area contributed by atoms with Crippen LogP contribution in [0.2, 0.25) is 0 Å². The third-order valence-electron chi connectivity index (χ3n) is 7.24. The first-order valence-electron chi connectivity index (χ1n) is 12.7. The molecule has 0 unspecified atom stereocenters. The second kappa shape index (κ2) is 9.70. The van der Waals surface area contributed by atoms with Crippen molar-refractivity contribution in [3.63, 3.8) is 0 Å². The highest BCUT2D eigenvalue weighted by molar-refractivity contribution is 5.92. The van der Waals surface area contributed by atoms with Crippen LogP contribution < -0.4 is 20.3 Å². The zero-order chi connectivity index (χ0) is 24.5. The van der Waals surface area contributed by atoms with Crippen molar-refractivity contribution in [1.82, 2.24) is 9.47 Å². The molecular weight excluding hydrogens is 450 g/mol. The summed E-state index contributed by atoms with van der Waals surface area (Å²) in [7, 11) is 0. The number of hydrogen-bond donors (Lipinski definition) is 1. The first-order valence-corrected chi connectivity index (χ1v) is 12.7. The summed E-state index contributed by atoms with van der Waals surface area (Å²) in [6.07, 6.45) is 2.07. The molecular formula is C30H31N3O3. The van der Waals surface area contributed by atoms with Gasteiger partial charge >= 0.3 is 0 Å². The number of aryl methyl sites for hydroxylation is 1. The fourth-order valence-electron chi connectivity index (χ4n) is 5.30. The molecule has 0 aliphatic carbocycles. The molecule has 1 aromatic heterocycles. The SMILES string of the molecule is Cc1ccc2c(c1)c(NC1CCN(Cc3ccc4c(c3)OCO4)CC1)cc(=O)n2Cc1ccccc1. The molecule has 4 aromatic rings. The smallest absolute Gasteiger partial charge is 0.253 e. The quantitative estimate of drug-likeness (QED) is 0.412. The van der Waals surface area contributed by atoms with Gasteiger partial charge in [-0.15, -0.1) is 0 Å². The largest absolute Gasteiger partial charge is 0.454 e. The Kier molecular flexibility index (Phi) is 6.11. The molecule has 0 bridgehead atoms. The van der Waals surface area contributed by atoms with E-state index >= 15 is 0 Å². The van der Waals surface area contributed by atoms with Crippen LogP contribution in [0.4, 0.5) is 5.69 Å². The molecule has 2 aliphatic rings. The van der Waals surface area contributed by atoms with E-state index in [4.69, 9.17) is 9.47 Å². The molecule has 0 radical (unpaired) electrons. The lowest BCUT2D eigenvalue weighted by molar-refractivity contribution is 0.173. The molecule has 6 nitrogen and oxygen atoms in total. The van der Waals surface area contributed by atoms with E-state index in [0.29, 0.717) is 19.4 Å². The minimum absolute atomic E-state index is 0.0259. The number of likely N-dealkylation sites (tertiary alicyclic amines) is 1. The van der Waals surface area contributed by atoms with Gasteiger partial charge in [-0.05, 0) is 55.2 Å². The molecule has 1 fully saturated rings. The Morgan fingerprint density at radius 1 is 0.861 bits per heavy atom. The Morgan fingerprint density at radius 2 is 1.67 bits per heavy atom. The highest BCUT2D eigenvalue weighted by atomic mass is 16.7. The Labute approximate surface area is 211 Å². The molecule has 36 heavy (non-hydrogen) atoms. The number of pyridine rings is 1. The van der Waals surface area contributed by atoms with Gasteiger partial charge in [0.25, 0.3) is 5.56 Å². The molecule has 6 rings (SSSR count). The summed E-state index contributed by atoms with van der Waals surface area (Å²) in [4.78, 5) is 15.7. The second-order valence-corrected chi connectivity index (χ2v) is 9.87. The lowest BCUT2D eigenvalue weighted by Crippen LogP contribution is -2.39. The van der Waals surface area contributed by atoms with Crippen LogP contribution >= 0.6 is 0 Å². The Balaban J connectivity index is 1.17. The first kappa shape index (κ1) is 22.7. The third-order valence-corrected chi connectivity index (χ3v) is 7.24. The highest BCUT2D eigenvalue weighted by Gasteiger charge is 2.22. The topological polar surface area (TPSA) is 55.7 Å². The van der Waals surface area contributed by atoms with Gasteiger partial charge in [-0.2, -0.15) is 0 Å². The summed E-state index contributed by atoms with van der Waals surface area (Å²) in [6.45, 7) is 5.90. The maximum Gasteiger partial charge on any atom is 0.253 e. The molecule has 2 aliphatic heterocycles. The molecule has 3 heterocycles. The number of hydrogen-bond acceptors (Lipinski definition) is 5. The van der Waals surface area contributed by atoms with E-state index in [2.05, 4.69) is 59.6 Å². The number of piperidine rings is 1. The molecule has 1 saturated heterocycles. The molecule has 3 aromatic carbocycles. The number of anilines is 1. The van der Waals surface area contributed by atoms with Gasteiger partial charge in [-0.3, -0.25) is 9.69 Å². The summed E-state index contributed by atoms with van der Waals surface area (Å²) in [5.41, 5.74) is 5.50. The van der Waals surface area contributed by atoms with Gasteiger partial charge in [0.2, 0.25) is 6.79 Å². The predicted molar refractivity (Wildman–Crippen MR) is 143 cm³/mol. The summed E-state index contributed by atoms with van der Waals surface area (Å²) >= 11 is 0. The Bertz CT molecular complexity index is 1440. The zero-order valence-electron chi connectivity index (χ0n) is 20.6. The van der Waals surface area contributed by atoms with Gasteiger partial charge in [0.1, 0.15) is 0 Å². The van der Waals surface area contributed by atoms with Crippen LogP contribution in [0, 0.1) is 6.92 Å². The van der Waals surface area contributed by atoms with Crippen molar-refractivity contribution in [2.24, 2.45) is 0 Å². The summed E-state index contributed by atoms with van der Waals surface area (Å²) < 4.78 is 12.8. The summed E-state index contributed by atoms with van der Waals surface area (Å²) in [5, 5.41) is 4.83. The number of nitrogens with one attached hydrogen (secondary N) is 1. The van der Waals surface area contributed by atoms with Crippen LogP contribution in [0.15, 0.2) is 77.6 Å². The van der Waals surface area contributed by atoms with Crippen LogP contribution in [0.5, 0.6) is 11.5 Å². The Hall–Kier alpha value is -3.77. The van der Waals surface area contributed by atoms with Crippen molar-refractivity contribution < 1.29 is 9.47 Å². The van der Waals surface area contributed by atoms with Crippen LogP contribution in [0.25, 0.3) is 10.9 Å². The number of rotatable bonds is 6. The average Bonchev–Trinajstić information content (AvgIpc) is 3.36. The lowest BCUT2D eigenvalue weighted by Gasteiger charge is -2.33. The van der Waals surface area contributed by atoms with Crippen molar-refractivity contribution in [2.75, 3.05) is 25.2 Å². The molecule has 0 spiro atoms. The fourth-order valence-corrected chi connectivity index (χ4v) is 5.30. The van der Waals surface area contributed by atoms with Gasteiger partial charge in [0.05, 0.1) is 12.1 Å². The number of fused-ring (bicyclic) bond motifs is 2. The molecule has 184 valence electrons. The van der Waals surface area contributed by atoms with E-state index in [0.717, 1.165) is 66.1 Å². The first-order chi connectivity index (χ1) is 17.6. The van der Waals surface area contributed by atoms with Crippen LogP contribution in [0.1, 0.15) is 29.5 Å². The average molecular weight is 482 g/mol. The molecule has 0 atom stereocenters. The van der Waals surface area contributed by atoms with Crippen molar-refractivity contribution in [3.05, 3.63) is 99.8 Å². The lowest BCUT2D eigenvalue weighted by atomic mass is 10.0. The summed E-state index contributed by atoms with van der Waals surface area (Å²) in [6, 6.07) is 24.8. The zero-order valence-corrected chi connectivity index (χ0v) is 20.6.